The van der Waals surface area contributed by atoms with Gasteiger partial charge in [0.25, 0.3) is 0 Å². The topological polar surface area (TPSA) is 61.8 Å². The van der Waals surface area contributed by atoms with Crippen LogP contribution in [0.25, 0.3) is 0 Å². The molecule has 1 unspecified atom stereocenters. The Labute approximate surface area is 150 Å². The fourth-order valence-electron chi connectivity index (χ4n) is 4.09. The highest BCUT2D eigenvalue weighted by Crippen LogP contribution is 2.41. The van der Waals surface area contributed by atoms with E-state index >= 15 is 0 Å². The van der Waals surface area contributed by atoms with E-state index in [4.69, 9.17) is 4.74 Å². The summed E-state index contributed by atoms with van der Waals surface area (Å²) in [5.41, 5.74) is 1.87. The molecule has 25 heavy (non-hydrogen) atoms. The highest BCUT2D eigenvalue weighted by molar-refractivity contribution is 5.88. The molecule has 1 aromatic carbocycles. The molecule has 1 saturated carbocycles. The number of morpholine rings is 1. The van der Waals surface area contributed by atoms with Crippen LogP contribution >= 0.6 is 0 Å². The smallest absolute Gasteiger partial charge is 0.230 e. The average Bonchev–Trinajstić information content (AvgIpc) is 3.12. The van der Waals surface area contributed by atoms with Crippen molar-refractivity contribution in [2.24, 2.45) is 0 Å². The number of hydrogen-bond donors (Lipinski definition) is 2. The number of aliphatic hydroxyl groups is 1. The SMILES string of the molecule is Cc1cccc(C2(C(=O)NCC(O)CN3CCOCC3)CCCC2)c1. The summed E-state index contributed by atoms with van der Waals surface area (Å²) in [7, 11) is 0. The van der Waals surface area contributed by atoms with Gasteiger partial charge in [0, 0.05) is 26.2 Å². The van der Waals surface area contributed by atoms with E-state index in [1.54, 1.807) is 0 Å². The van der Waals surface area contributed by atoms with E-state index in [9.17, 15) is 9.90 Å². The van der Waals surface area contributed by atoms with Crippen molar-refractivity contribution in [3.63, 3.8) is 0 Å². The quantitative estimate of drug-likeness (QED) is 0.822. The number of β-amino-alcohol motifs (C(OH)–C–C–N with tert-alkyl or cyclic N) is 1. The number of benzene rings is 1. The van der Waals surface area contributed by atoms with Gasteiger partial charge in [0.1, 0.15) is 0 Å². The molecule has 1 aromatic rings. The average molecular weight is 346 g/mol. The first-order valence-corrected chi connectivity index (χ1v) is 9.44. The largest absolute Gasteiger partial charge is 0.390 e. The third kappa shape index (κ3) is 4.40. The van der Waals surface area contributed by atoms with Crippen molar-refractivity contribution in [2.45, 2.75) is 44.1 Å². The van der Waals surface area contributed by atoms with E-state index < -0.39 is 11.5 Å². The Bertz CT molecular complexity index is 578. The van der Waals surface area contributed by atoms with Crippen LogP contribution in [0.3, 0.4) is 0 Å². The number of amides is 1. The molecule has 3 rings (SSSR count). The lowest BCUT2D eigenvalue weighted by Gasteiger charge is -2.31. The van der Waals surface area contributed by atoms with E-state index in [0.29, 0.717) is 13.1 Å². The van der Waals surface area contributed by atoms with E-state index in [-0.39, 0.29) is 5.91 Å². The molecule has 2 aliphatic rings. The molecule has 5 heteroatoms. The van der Waals surface area contributed by atoms with E-state index in [2.05, 4.69) is 35.3 Å². The Hall–Kier alpha value is -1.43. The van der Waals surface area contributed by atoms with Crippen molar-refractivity contribution in [1.29, 1.82) is 0 Å². The van der Waals surface area contributed by atoms with Crippen molar-refractivity contribution in [3.8, 4) is 0 Å². The van der Waals surface area contributed by atoms with Gasteiger partial charge in [0.05, 0.1) is 24.7 Å². The fourth-order valence-corrected chi connectivity index (χ4v) is 4.09. The maximum Gasteiger partial charge on any atom is 0.230 e. The monoisotopic (exact) mass is 346 g/mol. The molecule has 2 N–H and O–H groups in total. The number of carbonyl (C=O) groups excluding carboxylic acids is 1. The van der Waals surface area contributed by atoms with E-state index in [0.717, 1.165) is 57.6 Å². The van der Waals surface area contributed by atoms with Crippen molar-refractivity contribution in [1.82, 2.24) is 10.2 Å². The Morgan fingerprint density at radius 2 is 2.04 bits per heavy atom. The van der Waals surface area contributed by atoms with Gasteiger partial charge in [-0.2, -0.15) is 0 Å². The number of hydrogen-bond acceptors (Lipinski definition) is 4. The first kappa shape index (κ1) is 18.4. The number of aliphatic hydroxyl groups excluding tert-OH is 1. The maximum absolute atomic E-state index is 13.0. The molecule has 0 bridgehead atoms. The van der Waals surface area contributed by atoms with Crippen LogP contribution < -0.4 is 5.32 Å². The Morgan fingerprint density at radius 1 is 1.32 bits per heavy atom. The molecule has 0 aromatic heterocycles. The van der Waals surface area contributed by atoms with Gasteiger partial charge in [0.2, 0.25) is 5.91 Å². The minimum atomic E-state index is -0.544. The number of ether oxygens (including phenoxy) is 1. The standard InChI is InChI=1S/C20H30N2O3/c1-16-5-4-6-17(13-16)20(7-2-3-8-20)19(24)21-14-18(23)15-22-9-11-25-12-10-22/h4-6,13,18,23H,2-3,7-12,14-15H2,1H3,(H,21,24). The number of aryl methyl sites for hydroxylation is 1. The molecular weight excluding hydrogens is 316 g/mol. The normalized spacial score (nSPS) is 21.8. The lowest BCUT2D eigenvalue weighted by Crippen LogP contribution is -2.48. The van der Waals surface area contributed by atoms with Crippen LogP contribution in [0.2, 0.25) is 0 Å². The molecule has 1 amide bonds. The number of rotatable bonds is 6. The zero-order chi connectivity index (χ0) is 17.7. The Balaban J connectivity index is 1.59. The molecule has 1 aliphatic heterocycles. The zero-order valence-corrected chi connectivity index (χ0v) is 15.2. The zero-order valence-electron chi connectivity index (χ0n) is 15.2. The van der Waals surface area contributed by atoms with E-state index in [1.165, 1.54) is 5.56 Å². The summed E-state index contributed by atoms with van der Waals surface area (Å²) in [6.45, 7) is 6.09. The lowest BCUT2D eigenvalue weighted by molar-refractivity contribution is -0.127. The second kappa shape index (κ2) is 8.30. The van der Waals surface area contributed by atoms with Crippen LogP contribution in [0.5, 0.6) is 0 Å². The molecule has 1 atom stereocenters. The van der Waals surface area contributed by atoms with Gasteiger partial charge in [0.15, 0.2) is 0 Å². The fraction of sp³-hybridized carbons (Fsp3) is 0.650. The second-order valence-corrected chi connectivity index (χ2v) is 7.44. The van der Waals surface area contributed by atoms with Crippen molar-refractivity contribution in [3.05, 3.63) is 35.4 Å². The Morgan fingerprint density at radius 3 is 2.72 bits per heavy atom. The third-order valence-corrected chi connectivity index (χ3v) is 5.53. The van der Waals surface area contributed by atoms with Crippen LogP contribution in [0, 0.1) is 6.92 Å². The number of nitrogens with zero attached hydrogens (tertiary/aromatic N) is 1. The lowest BCUT2D eigenvalue weighted by atomic mass is 9.77. The Kier molecular flexibility index (Phi) is 6.10. The van der Waals surface area contributed by atoms with Gasteiger partial charge in [-0.3, -0.25) is 9.69 Å². The summed E-state index contributed by atoms with van der Waals surface area (Å²) in [5, 5.41) is 13.3. The molecule has 0 radical (unpaired) electrons. The molecule has 2 fully saturated rings. The van der Waals surface area contributed by atoms with Crippen LogP contribution in [-0.2, 0) is 14.9 Å². The summed E-state index contributed by atoms with van der Waals surface area (Å²) in [5.74, 6) is 0.0663. The highest BCUT2D eigenvalue weighted by atomic mass is 16.5. The number of carbonyl (C=O) groups is 1. The maximum atomic E-state index is 13.0. The van der Waals surface area contributed by atoms with Crippen molar-refractivity contribution in [2.75, 3.05) is 39.4 Å². The molecule has 5 nitrogen and oxygen atoms in total. The summed E-state index contributed by atoms with van der Waals surface area (Å²) < 4.78 is 5.33. The molecule has 1 heterocycles. The van der Waals surface area contributed by atoms with Gasteiger partial charge >= 0.3 is 0 Å². The van der Waals surface area contributed by atoms with Crippen LogP contribution in [-0.4, -0.2) is 61.4 Å². The summed E-state index contributed by atoms with van der Waals surface area (Å²) in [6.07, 6.45) is 3.40. The highest BCUT2D eigenvalue weighted by Gasteiger charge is 2.42. The predicted molar refractivity (Wildman–Crippen MR) is 97.6 cm³/mol. The minimum absolute atomic E-state index is 0.0663. The van der Waals surface area contributed by atoms with Gasteiger partial charge < -0.3 is 15.2 Å². The van der Waals surface area contributed by atoms with Crippen molar-refractivity contribution >= 4 is 5.91 Å². The van der Waals surface area contributed by atoms with Crippen LogP contribution in [0.15, 0.2) is 24.3 Å². The molecule has 1 saturated heterocycles. The summed E-state index contributed by atoms with van der Waals surface area (Å²) in [6, 6.07) is 8.30. The molecule has 0 spiro atoms. The third-order valence-electron chi connectivity index (χ3n) is 5.53. The summed E-state index contributed by atoms with van der Waals surface area (Å²) >= 11 is 0. The first-order chi connectivity index (χ1) is 12.1. The first-order valence-electron chi connectivity index (χ1n) is 9.44. The van der Waals surface area contributed by atoms with Gasteiger partial charge in [-0.25, -0.2) is 0 Å². The minimum Gasteiger partial charge on any atom is -0.390 e. The molecule has 1 aliphatic carbocycles. The van der Waals surface area contributed by atoms with Gasteiger partial charge in [-0.1, -0.05) is 42.7 Å². The molecular formula is C20H30N2O3. The second-order valence-electron chi connectivity index (χ2n) is 7.44. The van der Waals surface area contributed by atoms with E-state index in [1.807, 2.05) is 6.07 Å². The predicted octanol–water partition coefficient (Wildman–Crippen LogP) is 1.62. The summed E-state index contributed by atoms with van der Waals surface area (Å²) in [4.78, 5) is 15.2. The van der Waals surface area contributed by atoms with Gasteiger partial charge in [-0.15, -0.1) is 0 Å². The van der Waals surface area contributed by atoms with Crippen LogP contribution in [0.4, 0.5) is 0 Å². The van der Waals surface area contributed by atoms with Gasteiger partial charge in [-0.05, 0) is 25.3 Å². The van der Waals surface area contributed by atoms with Crippen LogP contribution in [0.1, 0.15) is 36.8 Å². The van der Waals surface area contributed by atoms with Crippen molar-refractivity contribution < 1.29 is 14.6 Å². The molecule has 138 valence electrons. The number of nitrogens with one attached hydrogen (secondary N) is 1.